The minimum atomic E-state index is 0.264. The van der Waals surface area contributed by atoms with E-state index in [9.17, 15) is 0 Å². The maximum absolute atomic E-state index is 8.09. The molecular weight excluding hydrogens is 156 g/mol. The Hall–Kier alpha value is -1.48. The molecule has 0 amide bonds. The fourth-order valence-electron chi connectivity index (χ4n) is 0.965. The van der Waals surface area contributed by atoms with E-state index in [0.717, 1.165) is 11.5 Å². The van der Waals surface area contributed by atoms with Crippen molar-refractivity contribution in [3.05, 3.63) is 28.3 Å². The predicted molar refractivity (Wildman–Crippen MR) is 43.4 cm³/mol. The summed E-state index contributed by atoms with van der Waals surface area (Å²) >= 11 is 0. The second-order valence-electron chi connectivity index (χ2n) is 2.71. The fraction of sp³-hybridized carbons (Fsp3) is 0.571. The molecule has 0 aliphatic heterocycles. The monoisotopic (exact) mass is 166 g/mol. The molecule has 0 saturated carbocycles. The largest absolute Gasteiger partial charge is 0.448 e. The predicted octanol–water partition coefficient (Wildman–Crippen LogP) is 2.61. The third-order valence-electron chi connectivity index (χ3n) is 1.48. The third-order valence-corrected chi connectivity index (χ3v) is 1.48. The number of aromatic nitrogens is 1. The van der Waals surface area contributed by atoms with Crippen molar-refractivity contribution in [2.24, 2.45) is 5.11 Å². The van der Waals surface area contributed by atoms with E-state index in [4.69, 9.17) is 9.95 Å². The van der Waals surface area contributed by atoms with Crippen molar-refractivity contribution in [1.29, 1.82) is 0 Å². The first-order valence-corrected chi connectivity index (χ1v) is 3.68. The average Bonchev–Trinajstić information content (AvgIpc) is 2.48. The number of rotatable bonds is 3. The number of oxazole rings is 1. The van der Waals surface area contributed by atoms with Crippen molar-refractivity contribution in [3.8, 4) is 0 Å². The van der Waals surface area contributed by atoms with E-state index in [0.29, 0.717) is 0 Å². The molecule has 1 heterocycles. The lowest BCUT2D eigenvalue weighted by Gasteiger charge is -1.99. The Labute approximate surface area is 70.0 Å². The van der Waals surface area contributed by atoms with E-state index in [-0.39, 0.29) is 12.5 Å². The molecule has 0 aromatic carbocycles. The molecule has 12 heavy (non-hydrogen) atoms. The molecule has 0 radical (unpaired) electrons. The van der Waals surface area contributed by atoms with Gasteiger partial charge < -0.3 is 4.42 Å². The lowest BCUT2D eigenvalue weighted by atomic mass is 10.1. The molecule has 5 nitrogen and oxygen atoms in total. The van der Waals surface area contributed by atoms with E-state index >= 15 is 0 Å². The molecule has 0 bridgehead atoms. The van der Waals surface area contributed by atoms with E-state index in [1.165, 1.54) is 6.39 Å². The van der Waals surface area contributed by atoms with Crippen LogP contribution in [0.5, 0.6) is 0 Å². The molecule has 0 fully saturated rings. The van der Waals surface area contributed by atoms with Crippen LogP contribution < -0.4 is 0 Å². The van der Waals surface area contributed by atoms with Crippen LogP contribution in [0.25, 0.3) is 10.4 Å². The number of azide groups is 1. The Kier molecular flexibility index (Phi) is 2.71. The van der Waals surface area contributed by atoms with Crippen molar-refractivity contribution in [3.63, 3.8) is 0 Å². The summed E-state index contributed by atoms with van der Waals surface area (Å²) < 4.78 is 5.13. The molecule has 64 valence electrons. The molecular formula is C7H10N4O. The van der Waals surface area contributed by atoms with Crippen LogP contribution in [0.1, 0.15) is 31.2 Å². The SMILES string of the molecule is CC(C)c1ocnc1CN=[N+]=[N-]. The lowest BCUT2D eigenvalue weighted by molar-refractivity contribution is 0.478. The summed E-state index contributed by atoms with van der Waals surface area (Å²) in [6.07, 6.45) is 1.37. The average molecular weight is 166 g/mol. The molecule has 5 heteroatoms. The van der Waals surface area contributed by atoms with Crippen LogP contribution in [0.3, 0.4) is 0 Å². The molecule has 0 unspecified atom stereocenters. The fourth-order valence-corrected chi connectivity index (χ4v) is 0.965. The van der Waals surface area contributed by atoms with Gasteiger partial charge in [0.15, 0.2) is 6.39 Å². The number of nitrogens with zero attached hydrogens (tertiary/aromatic N) is 4. The highest BCUT2D eigenvalue weighted by atomic mass is 16.3. The second-order valence-corrected chi connectivity index (χ2v) is 2.71. The molecule has 0 aliphatic rings. The van der Waals surface area contributed by atoms with Gasteiger partial charge in [0.25, 0.3) is 0 Å². The summed E-state index contributed by atoms with van der Waals surface area (Å²) in [5, 5.41) is 3.42. The van der Waals surface area contributed by atoms with Crippen LogP contribution in [-0.2, 0) is 6.54 Å². The first-order valence-electron chi connectivity index (χ1n) is 3.68. The van der Waals surface area contributed by atoms with Crippen LogP contribution in [0.2, 0.25) is 0 Å². The molecule has 0 N–H and O–H groups in total. The standard InChI is InChI=1S/C7H10N4O/c1-5(2)7-6(3-10-11-8)9-4-12-7/h4-5H,3H2,1-2H3. The Morgan fingerprint density at radius 2 is 2.50 bits per heavy atom. The Morgan fingerprint density at radius 1 is 1.75 bits per heavy atom. The molecule has 1 aromatic heterocycles. The van der Waals surface area contributed by atoms with Crippen molar-refractivity contribution in [1.82, 2.24) is 4.98 Å². The van der Waals surface area contributed by atoms with Gasteiger partial charge in [-0.05, 0) is 5.53 Å². The second kappa shape index (κ2) is 3.78. The number of hydrogen-bond donors (Lipinski definition) is 0. The van der Waals surface area contributed by atoms with Gasteiger partial charge in [0.1, 0.15) is 5.76 Å². The Balaban J connectivity index is 2.83. The molecule has 0 atom stereocenters. The van der Waals surface area contributed by atoms with Gasteiger partial charge in [-0.3, -0.25) is 0 Å². The van der Waals surface area contributed by atoms with Crippen LogP contribution in [-0.4, -0.2) is 4.98 Å². The van der Waals surface area contributed by atoms with E-state index in [1.807, 2.05) is 13.8 Å². The molecule has 1 aromatic rings. The topological polar surface area (TPSA) is 74.8 Å². The Bertz CT molecular complexity index is 298. The smallest absolute Gasteiger partial charge is 0.181 e. The summed E-state index contributed by atoms with van der Waals surface area (Å²) in [6, 6.07) is 0. The first-order chi connectivity index (χ1) is 5.75. The highest BCUT2D eigenvalue weighted by Crippen LogP contribution is 2.18. The summed E-state index contributed by atoms with van der Waals surface area (Å²) in [5.41, 5.74) is 8.82. The lowest BCUT2D eigenvalue weighted by Crippen LogP contribution is -1.91. The summed E-state index contributed by atoms with van der Waals surface area (Å²) in [5.74, 6) is 1.07. The summed E-state index contributed by atoms with van der Waals surface area (Å²) in [7, 11) is 0. The maximum atomic E-state index is 8.09. The van der Waals surface area contributed by atoms with Crippen LogP contribution >= 0.6 is 0 Å². The van der Waals surface area contributed by atoms with Crippen molar-refractivity contribution >= 4 is 0 Å². The highest BCUT2D eigenvalue weighted by molar-refractivity contribution is 5.10. The minimum Gasteiger partial charge on any atom is -0.448 e. The van der Waals surface area contributed by atoms with E-state index in [1.54, 1.807) is 0 Å². The summed E-state index contributed by atoms with van der Waals surface area (Å²) in [6.45, 7) is 4.26. The molecule has 0 saturated heterocycles. The van der Waals surface area contributed by atoms with Crippen LogP contribution in [0, 0.1) is 0 Å². The van der Waals surface area contributed by atoms with Crippen LogP contribution in [0.15, 0.2) is 15.9 Å². The summed E-state index contributed by atoms with van der Waals surface area (Å²) in [4.78, 5) is 6.60. The zero-order valence-electron chi connectivity index (χ0n) is 7.06. The molecule has 0 spiro atoms. The minimum absolute atomic E-state index is 0.264. The molecule has 1 rings (SSSR count). The third kappa shape index (κ3) is 1.77. The van der Waals surface area contributed by atoms with Gasteiger partial charge in [-0.2, -0.15) is 0 Å². The van der Waals surface area contributed by atoms with Gasteiger partial charge in [-0.15, -0.1) is 0 Å². The quantitative estimate of drug-likeness (QED) is 0.393. The van der Waals surface area contributed by atoms with Crippen molar-refractivity contribution < 1.29 is 4.42 Å². The zero-order valence-corrected chi connectivity index (χ0v) is 7.06. The van der Waals surface area contributed by atoms with Gasteiger partial charge >= 0.3 is 0 Å². The first kappa shape index (κ1) is 8.62. The number of hydrogen-bond acceptors (Lipinski definition) is 3. The van der Waals surface area contributed by atoms with Crippen molar-refractivity contribution in [2.45, 2.75) is 26.3 Å². The van der Waals surface area contributed by atoms with Gasteiger partial charge in [0.05, 0.1) is 12.2 Å². The Morgan fingerprint density at radius 3 is 3.08 bits per heavy atom. The molecule has 0 aliphatic carbocycles. The van der Waals surface area contributed by atoms with E-state index < -0.39 is 0 Å². The normalized spacial score (nSPS) is 9.92. The highest BCUT2D eigenvalue weighted by Gasteiger charge is 2.10. The van der Waals surface area contributed by atoms with Gasteiger partial charge in [-0.1, -0.05) is 19.0 Å². The van der Waals surface area contributed by atoms with Gasteiger partial charge in [0.2, 0.25) is 0 Å². The van der Waals surface area contributed by atoms with Crippen LogP contribution in [0.4, 0.5) is 0 Å². The zero-order chi connectivity index (χ0) is 8.97. The van der Waals surface area contributed by atoms with Crippen molar-refractivity contribution in [2.75, 3.05) is 0 Å². The van der Waals surface area contributed by atoms with E-state index in [2.05, 4.69) is 15.0 Å². The van der Waals surface area contributed by atoms with Gasteiger partial charge in [-0.25, -0.2) is 4.98 Å². The van der Waals surface area contributed by atoms with Gasteiger partial charge in [0, 0.05) is 10.8 Å². The maximum Gasteiger partial charge on any atom is 0.181 e.